The van der Waals surface area contributed by atoms with Gasteiger partial charge in [0, 0.05) is 30.4 Å². The number of carboxylic acid groups (broad SMARTS) is 2. The van der Waals surface area contributed by atoms with E-state index >= 15 is 0 Å². The van der Waals surface area contributed by atoms with Crippen molar-refractivity contribution in [1.82, 2.24) is 14.9 Å². The average Bonchev–Trinajstić information content (AvgIpc) is 3.61. The summed E-state index contributed by atoms with van der Waals surface area (Å²) in [5.74, 6) is -0.684. The third kappa shape index (κ3) is 7.70. The number of hydrogen-bond acceptors (Lipinski definition) is 8. The van der Waals surface area contributed by atoms with E-state index in [1.54, 1.807) is 36.4 Å². The number of oxazole rings is 1. The molecule has 2 aromatic heterocycles. The zero-order chi connectivity index (χ0) is 36.0. The monoisotopic (exact) mass is 692 g/mol. The fourth-order valence-corrected chi connectivity index (χ4v) is 6.78. The van der Waals surface area contributed by atoms with Crippen molar-refractivity contribution in [3.8, 4) is 23.3 Å². The van der Waals surface area contributed by atoms with Crippen molar-refractivity contribution >= 4 is 23.0 Å². The number of rotatable bonds is 13. The number of aromatic nitrogens is 2. The lowest BCUT2D eigenvalue weighted by Gasteiger charge is -2.36. The standard InChI is InChI=1S/C42H36N4O6/c43-25-29-12-19-39-36(24-29)45-40(52-39)31-13-10-28(11-14-31)26-51-38-7-2-1-4-30(38)21-23-46(22-20-27-8-15-32(16-9-27)41(47)48)37-6-3-5-34-33(37)17-18-35(44-34)42(49)50/h1-2,4,7-19,24,37H,3,5-6,20-23,26H2,(H,47,48)(H,49,50). The fraction of sp³-hybridized carbons (Fsp3) is 0.214. The number of para-hydroxylation sites is 1. The van der Waals surface area contributed by atoms with Gasteiger partial charge in [0.25, 0.3) is 0 Å². The summed E-state index contributed by atoms with van der Waals surface area (Å²) < 4.78 is 12.3. The number of benzene rings is 4. The number of nitriles is 1. The molecule has 4 aromatic carbocycles. The second-order valence-corrected chi connectivity index (χ2v) is 12.9. The van der Waals surface area contributed by atoms with E-state index in [-0.39, 0.29) is 17.3 Å². The van der Waals surface area contributed by atoms with Gasteiger partial charge in [-0.05, 0) is 109 Å². The summed E-state index contributed by atoms with van der Waals surface area (Å²) in [4.78, 5) is 34.5. The van der Waals surface area contributed by atoms with E-state index in [0.29, 0.717) is 29.2 Å². The maximum atomic E-state index is 11.6. The number of aryl methyl sites for hydroxylation is 1. The third-order valence-electron chi connectivity index (χ3n) is 9.56. The Balaban J connectivity index is 1.05. The minimum absolute atomic E-state index is 0.0616. The highest BCUT2D eigenvalue weighted by Crippen LogP contribution is 2.35. The molecule has 260 valence electrons. The van der Waals surface area contributed by atoms with E-state index in [4.69, 9.17) is 9.15 Å². The quantitative estimate of drug-likeness (QED) is 0.122. The molecule has 0 spiro atoms. The molecule has 1 atom stereocenters. The fourth-order valence-electron chi connectivity index (χ4n) is 6.78. The number of fused-ring (bicyclic) bond motifs is 2. The molecule has 52 heavy (non-hydrogen) atoms. The highest BCUT2D eigenvalue weighted by molar-refractivity contribution is 5.87. The summed E-state index contributed by atoms with van der Waals surface area (Å²) in [6.45, 7) is 1.83. The SMILES string of the molecule is N#Cc1ccc2oc(-c3ccc(COc4ccccc4CCN(CCc4ccc(C(=O)O)cc4)C4CCCc5nc(C(=O)O)ccc54)cc3)nc2c1. The van der Waals surface area contributed by atoms with Gasteiger partial charge in [0.2, 0.25) is 5.89 Å². The van der Waals surface area contributed by atoms with E-state index in [2.05, 4.69) is 27.0 Å². The molecule has 0 bridgehead atoms. The Morgan fingerprint density at radius 3 is 2.40 bits per heavy atom. The Bertz CT molecular complexity index is 2270. The zero-order valence-corrected chi connectivity index (χ0v) is 28.4. The van der Waals surface area contributed by atoms with Crippen molar-refractivity contribution in [3.05, 3.63) is 148 Å². The molecular formula is C42H36N4O6. The molecular weight excluding hydrogens is 656 g/mol. The van der Waals surface area contributed by atoms with Crippen LogP contribution in [0.2, 0.25) is 0 Å². The summed E-state index contributed by atoms with van der Waals surface area (Å²) in [7, 11) is 0. The van der Waals surface area contributed by atoms with Crippen molar-refractivity contribution in [3.63, 3.8) is 0 Å². The highest BCUT2D eigenvalue weighted by Gasteiger charge is 2.28. The van der Waals surface area contributed by atoms with Crippen LogP contribution in [0.15, 0.2) is 108 Å². The number of nitrogens with zero attached hydrogens (tertiary/aromatic N) is 4. The summed E-state index contributed by atoms with van der Waals surface area (Å²) in [6, 6.07) is 33.8. The molecule has 6 aromatic rings. The van der Waals surface area contributed by atoms with E-state index in [1.165, 1.54) is 0 Å². The lowest BCUT2D eigenvalue weighted by atomic mass is 9.89. The normalized spacial score (nSPS) is 13.8. The number of pyridine rings is 1. The molecule has 0 aliphatic heterocycles. The molecule has 1 aliphatic rings. The van der Waals surface area contributed by atoms with Crippen LogP contribution in [0, 0.1) is 11.3 Å². The number of hydrogen-bond donors (Lipinski definition) is 2. The van der Waals surface area contributed by atoms with E-state index in [0.717, 1.165) is 84.5 Å². The van der Waals surface area contributed by atoms with Crippen LogP contribution >= 0.6 is 0 Å². The van der Waals surface area contributed by atoms with Crippen molar-refractivity contribution in [2.45, 2.75) is 44.8 Å². The smallest absolute Gasteiger partial charge is 0.354 e. The van der Waals surface area contributed by atoms with Crippen molar-refractivity contribution < 1.29 is 29.0 Å². The average molecular weight is 693 g/mol. The van der Waals surface area contributed by atoms with Gasteiger partial charge in [-0.3, -0.25) is 4.90 Å². The molecule has 0 amide bonds. The van der Waals surface area contributed by atoms with Crippen LogP contribution in [0.4, 0.5) is 0 Å². The Kier molecular flexibility index (Phi) is 10.0. The molecule has 0 radical (unpaired) electrons. The molecule has 0 saturated carbocycles. The van der Waals surface area contributed by atoms with Gasteiger partial charge in [0.05, 0.1) is 17.2 Å². The number of carboxylic acids is 2. The highest BCUT2D eigenvalue weighted by atomic mass is 16.5. The predicted molar refractivity (Wildman–Crippen MR) is 194 cm³/mol. The van der Waals surface area contributed by atoms with E-state index in [1.807, 2.05) is 60.7 Å². The lowest BCUT2D eigenvalue weighted by molar-refractivity contribution is 0.0682. The number of aromatic carboxylic acids is 2. The van der Waals surface area contributed by atoms with Crippen molar-refractivity contribution in [2.24, 2.45) is 0 Å². The summed E-state index contributed by atoms with van der Waals surface area (Å²) in [5, 5.41) is 28.1. The molecule has 10 nitrogen and oxygen atoms in total. The van der Waals surface area contributed by atoms with Crippen LogP contribution < -0.4 is 4.74 Å². The van der Waals surface area contributed by atoms with Crippen LogP contribution in [0.1, 0.15) is 73.2 Å². The van der Waals surface area contributed by atoms with Gasteiger partial charge in [0.1, 0.15) is 23.6 Å². The first kappa shape index (κ1) is 34.2. The summed E-state index contributed by atoms with van der Waals surface area (Å²) >= 11 is 0. The van der Waals surface area contributed by atoms with Gasteiger partial charge in [-0.25, -0.2) is 19.6 Å². The first-order chi connectivity index (χ1) is 25.3. The molecule has 2 heterocycles. The number of ether oxygens (including phenoxy) is 1. The number of carbonyl (C=O) groups is 2. The van der Waals surface area contributed by atoms with Gasteiger partial charge in [-0.1, -0.05) is 48.5 Å². The van der Waals surface area contributed by atoms with E-state index in [9.17, 15) is 25.1 Å². The Morgan fingerprint density at radius 1 is 0.865 bits per heavy atom. The first-order valence-electron chi connectivity index (χ1n) is 17.2. The van der Waals surface area contributed by atoms with Crippen LogP contribution in [0.3, 0.4) is 0 Å². The van der Waals surface area contributed by atoms with E-state index < -0.39 is 11.9 Å². The summed E-state index contributed by atoms with van der Waals surface area (Å²) in [6.07, 6.45) is 4.03. The Labute approximate surface area is 300 Å². The molecule has 2 N–H and O–H groups in total. The van der Waals surface area contributed by atoms with Crippen molar-refractivity contribution in [2.75, 3.05) is 13.1 Å². The Morgan fingerprint density at radius 2 is 1.63 bits per heavy atom. The molecule has 10 heteroatoms. The van der Waals surface area contributed by atoms with Gasteiger partial charge >= 0.3 is 11.9 Å². The second kappa shape index (κ2) is 15.3. The van der Waals surface area contributed by atoms with Gasteiger partial charge in [0.15, 0.2) is 5.58 Å². The van der Waals surface area contributed by atoms with Crippen LogP contribution in [-0.2, 0) is 25.9 Å². The van der Waals surface area contributed by atoms with Gasteiger partial charge in [-0.2, -0.15) is 5.26 Å². The van der Waals surface area contributed by atoms with Crippen molar-refractivity contribution in [1.29, 1.82) is 5.26 Å². The lowest BCUT2D eigenvalue weighted by Crippen LogP contribution is -2.35. The summed E-state index contributed by atoms with van der Waals surface area (Å²) in [5.41, 5.74) is 7.97. The van der Waals surface area contributed by atoms with Gasteiger partial charge < -0.3 is 19.4 Å². The second-order valence-electron chi connectivity index (χ2n) is 12.9. The first-order valence-corrected chi connectivity index (χ1v) is 17.2. The van der Waals surface area contributed by atoms with Crippen LogP contribution in [-0.4, -0.2) is 50.1 Å². The molecule has 0 saturated heterocycles. The molecule has 1 aliphatic carbocycles. The largest absolute Gasteiger partial charge is 0.489 e. The minimum Gasteiger partial charge on any atom is -0.489 e. The zero-order valence-electron chi connectivity index (χ0n) is 28.4. The molecule has 7 rings (SSSR count). The molecule has 1 unspecified atom stereocenters. The maximum absolute atomic E-state index is 11.6. The third-order valence-corrected chi connectivity index (χ3v) is 9.56. The molecule has 0 fully saturated rings. The van der Waals surface area contributed by atoms with Gasteiger partial charge in [-0.15, -0.1) is 0 Å². The van der Waals surface area contributed by atoms with Crippen LogP contribution in [0.5, 0.6) is 5.75 Å². The van der Waals surface area contributed by atoms with Crippen LogP contribution in [0.25, 0.3) is 22.6 Å². The topological polar surface area (TPSA) is 150 Å². The Hall–Kier alpha value is -6.31. The predicted octanol–water partition coefficient (Wildman–Crippen LogP) is 7.90. The minimum atomic E-state index is -1.03. The maximum Gasteiger partial charge on any atom is 0.354 e.